The number of fused-ring (bicyclic) bond motifs is 1. The average Bonchev–Trinajstić information content (AvgIpc) is 3.53. The molecule has 8 nitrogen and oxygen atoms in total. The largest absolute Gasteiger partial charge is 0.478 e. The number of carbonyl (C=O) groups excluding carboxylic acids is 2. The first-order valence-corrected chi connectivity index (χ1v) is 11.5. The predicted octanol–water partition coefficient (Wildman–Crippen LogP) is 3.44. The van der Waals surface area contributed by atoms with E-state index in [0.717, 1.165) is 16.5 Å². The molecular formula is C24H22FNO7S. The summed E-state index contributed by atoms with van der Waals surface area (Å²) in [5.74, 6) is -4.35. The molecule has 2 N–H and O–H groups in total. The van der Waals surface area contributed by atoms with Gasteiger partial charge in [0.05, 0.1) is 11.6 Å². The van der Waals surface area contributed by atoms with Crippen LogP contribution in [0.3, 0.4) is 0 Å². The average molecular weight is 488 g/mol. The molecule has 1 aromatic heterocycles. The molecule has 1 saturated carbocycles. The van der Waals surface area contributed by atoms with Gasteiger partial charge >= 0.3 is 17.9 Å². The fourth-order valence-corrected chi connectivity index (χ4v) is 5.22. The second-order valence-electron chi connectivity index (χ2n) is 8.34. The van der Waals surface area contributed by atoms with Crippen LogP contribution in [-0.2, 0) is 32.1 Å². The van der Waals surface area contributed by atoms with Crippen LogP contribution in [0.5, 0.6) is 5.06 Å². The van der Waals surface area contributed by atoms with Crippen molar-refractivity contribution < 1.29 is 38.5 Å². The fourth-order valence-electron chi connectivity index (χ4n) is 4.17. The molecule has 10 heteroatoms. The van der Waals surface area contributed by atoms with Gasteiger partial charge in [-0.3, -0.25) is 14.5 Å². The Morgan fingerprint density at radius 1 is 1.21 bits per heavy atom. The Labute approximate surface area is 198 Å². The molecule has 178 valence electrons. The number of hydrogen-bond acceptors (Lipinski definition) is 7. The van der Waals surface area contributed by atoms with Crippen LogP contribution in [0.1, 0.15) is 47.4 Å². The van der Waals surface area contributed by atoms with Crippen LogP contribution in [0.4, 0.5) is 4.39 Å². The van der Waals surface area contributed by atoms with Crippen LogP contribution in [0.25, 0.3) is 5.57 Å². The third-order valence-corrected chi connectivity index (χ3v) is 6.95. The first kappa shape index (κ1) is 23.8. The number of carbonyl (C=O) groups is 4. The first-order chi connectivity index (χ1) is 16.1. The van der Waals surface area contributed by atoms with Crippen molar-refractivity contribution in [2.24, 2.45) is 5.92 Å². The molecule has 1 fully saturated rings. The van der Waals surface area contributed by atoms with Crippen molar-refractivity contribution in [1.29, 1.82) is 0 Å². The standard InChI is InChI=1S/C24H22FNO7S/c1-12(27)33-21-9-15-11-26(7-6-19(15)34-21)22(23(30)13-2-3-13)17-8-14(4-5-18(17)25)16(24(31)32)10-20(28)29/h4-5,8-10,13,22H,2-3,6-7,11H2,1H3,(H,28,29)(H,31,32)/b16-10-. The minimum Gasteiger partial charge on any atom is -0.478 e. The topological polar surface area (TPSA) is 121 Å². The monoisotopic (exact) mass is 487 g/mol. The Hall–Kier alpha value is -3.37. The molecule has 2 aromatic rings. The summed E-state index contributed by atoms with van der Waals surface area (Å²) in [7, 11) is 0. The summed E-state index contributed by atoms with van der Waals surface area (Å²) in [6.07, 6.45) is 2.55. The number of aliphatic carboxylic acids is 2. The molecule has 2 aliphatic rings. The molecule has 34 heavy (non-hydrogen) atoms. The zero-order valence-electron chi connectivity index (χ0n) is 18.2. The number of ether oxygens (including phenoxy) is 1. The van der Waals surface area contributed by atoms with E-state index in [9.17, 15) is 24.3 Å². The lowest BCUT2D eigenvalue weighted by Gasteiger charge is -2.34. The number of carboxylic acids is 2. The minimum atomic E-state index is -1.47. The molecule has 0 saturated heterocycles. The van der Waals surface area contributed by atoms with E-state index in [-0.39, 0.29) is 22.8 Å². The normalized spacial score (nSPS) is 17.1. The molecule has 0 radical (unpaired) electrons. The number of benzene rings is 1. The van der Waals surface area contributed by atoms with E-state index in [1.807, 2.05) is 4.90 Å². The Balaban J connectivity index is 1.72. The highest BCUT2D eigenvalue weighted by atomic mass is 32.1. The van der Waals surface area contributed by atoms with Gasteiger partial charge in [-0.2, -0.15) is 0 Å². The number of esters is 1. The van der Waals surface area contributed by atoms with Gasteiger partial charge in [-0.25, -0.2) is 14.0 Å². The van der Waals surface area contributed by atoms with Crippen LogP contribution < -0.4 is 4.74 Å². The molecule has 1 unspecified atom stereocenters. The van der Waals surface area contributed by atoms with Gasteiger partial charge in [0.25, 0.3) is 0 Å². The minimum absolute atomic E-state index is 0.00488. The maximum atomic E-state index is 15.1. The van der Waals surface area contributed by atoms with E-state index in [1.165, 1.54) is 30.4 Å². The lowest BCUT2D eigenvalue weighted by atomic mass is 9.92. The lowest BCUT2D eigenvalue weighted by Crippen LogP contribution is -2.38. The van der Waals surface area contributed by atoms with Crippen molar-refractivity contribution >= 4 is 40.6 Å². The Bertz CT molecular complexity index is 1210. The Kier molecular flexibility index (Phi) is 6.63. The number of ketones is 1. The number of thiophene rings is 1. The molecule has 4 rings (SSSR count). The molecule has 1 aliphatic heterocycles. The number of nitrogens with zero attached hydrogens (tertiary/aromatic N) is 1. The van der Waals surface area contributed by atoms with Crippen molar-refractivity contribution in [1.82, 2.24) is 4.90 Å². The molecule has 0 spiro atoms. The second-order valence-corrected chi connectivity index (χ2v) is 9.44. The van der Waals surface area contributed by atoms with Gasteiger partial charge in [0.15, 0.2) is 10.8 Å². The van der Waals surface area contributed by atoms with Gasteiger partial charge < -0.3 is 14.9 Å². The SMILES string of the molecule is CC(=O)Oc1cc2c(s1)CCN(C(C(=O)C1CC1)c1cc(/C(=C/C(=O)O)C(=O)O)ccc1F)C2. The number of carboxylic acid groups (broad SMARTS) is 2. The highest BCUT2D eigenvalue weighted by molar-refractivity contribution is 7.14. The van der Waals surface area contributed by atoms with Crippen molar-refractivity contribution in [3.8, 4) is 5.06 Å². The number of rotatable bonds is 8. The summed E-state index contributed by atoms with van der Waals surface area (Å²) in [5.41, 5.74) is 0.405. The quantitative estimate of drug-likeness (QED) is 0.429. The fraction of sp³-hybridized carbons (Fsp3) is 0.333. The second kappa shape index (κ2) is 9.47. The molecule has 1 atom stereocenters. The Morgan fingerprint density at radius 3 is 2.56 bits per heavy atom. The van der Waals surface area contributed by atoms with Crippen molar-refractivity contribution in [3.05, 3.63) is 57.7 Å². The highest BCUT2D eigenvalue weighted by Crippen LogP contribution is 2.41. The van der Waals surface area contributed by atoms with E-state index in [2.05, 4.69) is 0 Å². The summed E-state index contributed by atoms with van der Waals surface area (Å²) in [4.78, 5) is 50.2. The first-order valence-electron chi connectivity index (χ1n) is 10.7. The van der Waals surface area contributed by atoms with Crippen molar-refractivity contribution in [3.63, 3.8) is 0 Å². The molecule has 1 aromatic carbocycles. The molecule has 0 amide bonds. The van der Waals surface area contributed by atoms with Gasteiger partial charge in [-0.15, -0.1) is 11.3 Å². The maximum Gasteiger partial charge on any atom is 0.336 e. The van der Waals surface area contributed by atoms with Gasteiger partial charge in [-0.1, -0.05) is 6.07 Å². The van der Waals surface area contributed by atoms with Gasteiger partial charge in [0.2, 0.25) is 0 Å². The zero-order chi connectivity index (χ0) is 24.6. The lowest BCUT2D eigenvalue weighted by molar-refractivity contribution is -0.133. The third-order valence-electron chi connectivity index (χ3n) is 5.83. The van der Waals surface area contributed by atoms with Crippen molar-refractivity contribution in [2.75, 3.05) is 6.54 Å². The summed E-state index contributed by atoms with van der Waals surface area (Å²) in [6.45, 7) is 2.10. The third kappa shape index (κ3) is 5.07. The maximum absolute atomic E-state index is 15.1. The summed E-state index contributed by atoms with van der Waals surface area (Å²) in [6, 6.07) is 4.32. The van der Waals surface area contributed by atoms with Gasteiger partial charge in [-0.05, 0) is 48.6 Å². The van der Waals surface area contributed by atoms with Gasteiger partial charge in [0.1, 0.15) is 5.82 Å². The predicted molar refractivity (Wildman–Crippen MR) is 120 cm³/mol. The van der Waals surface area contributed by atoms with Gasteiger partial charge in [0, 0.05) is 42.4 Å². The number of hydrogen-bond donors (Lipinski definition) is 2. The highest BCUT2D eigenvalue weighted by Gasteiger charge is 2.41. The van der Waals surface area contributed by atoms with Crippen LogP contribution in [0.2, 0.25) is 0 Å². The van der Waals surface area contributed by atoms with Crippen LogP contribution in [-0.4, -0.2) is 45.3 Å². The van der Waals surface area contributed by atoms with Crippen LogP contribution in [0.15, 0.2) is 30.3 Å². The molecule has 2 heterocycles. The molecular weight excluding hydrogens is 465 g/mol. The summed E-state index contributed by atoms with van der Waals surface area (Å²) >= 11 is 1.36. The molecule has 0 bridgehead atoms. The summed E-state index contributed by atoms with van der Waals surface area (Å²) < 4.78 is 20.3. The van der Waals surface area contributed by atoms with Crippen LogP contribution in [0, 0.1) is 11.7 Å². The van der Waals surface area contributed by atoms with Crippen LogP contribution >= 0.6 is 11.3 Å². The molecule has 1 aliphatic carbocycles. The zero-order valence-corrected chi connectivity index (χ0v) is 19.1. The number of Topliss-reactive ketones (excluding diaryl/α,β-unsaturated/α-hetero) is 1. The Morgan fingerprint density at radius 2 is 1.94 bits per heavy atom. The van der Waals surface area contributed by atoms with E-state index >= 15 is 4.39 Å². The van der Waals surface area contributed by atoms with E-state index < -0.39 is 35.3 Å². The van der Waals surface area contributed by atoms with E-state index in [4.69, 9.17) is 9.84 Å². The van der Waals surface area contributed by atoms with Crippen molar-refractivity contribution in [2.45, 2.75) is 38.8 Å². The smallest absolute Gasteiger partial charge is 0.336 e. The number of halogens is 1. The van der Waals surface area contributed by atoms with E-state index in [1.54, 1.807) is 6.07 Å². The van der Waals surface area contributed by atoms with E-state index in [0.29, 0.717) is 43.5 Å². The summed E-state index contributed by atoms with van der Waals surface area (Å²) in [5, 5.41) is 19.0.